The zero-order valence-electron chi connectivity index (χ0n) is 11.2. The van der Waals surface area contributed by atoms with E-state index in [-0.39, 0.29) is 12.2 Å². The fourth-order valence-corrected chi connectivity index (χ4v) is 2.20. The van der Waals surface area contributed by atoms with Gasteiger partial charge in [-0.05, 0) is 38.5 Å². The Hall–Kier alpha value is -1.46. The van der Waals surface area contributed by atoms with E-state index in [9.17, 15) is 15.0 Å². The number of amides is 1. The number of hydrogen-bond acceptors (Lipinski definition) is 3. The summed E-state index contributed by atoms with van der Waals surface area (Å²) in [5.74, 6) is 0.0632. The van der Waals surface area contributed by atoms with Gasteiger partial charge in [0.2, 0.25) is 0 Å². The van der Waals surface area contributed by atoms with E-state index in [1.54, 1.807) is 26.8 Å². The first-order chi connectivity index (χ1) is 8.62. The largest absolute Gasteiger partial charge is 0.508 e. The Morgan fingerprint density at radius 2 is 2.05 bits per heavy atom. The van der Waals surface area contributed by atoms with Crippen molar-refractivity contribution in [2.24, 2.45) is 5.73 Å². The molecule has 1 rings (SSSR count). The highest BCUT2D eigenvalue weighted by atomic mass is 35.5. The van der Waals surface area contributed by atoms with Gasteiger partial charge in [-0.25, -0.2) is 4.79 Å². The lowest BCUT2D eigenvalue weighted by Gasteiger charge is -2.37. The lowest BCUT2D eigenvalue weighted by atomic mass is 10.0. The number of phenolic OH excluding ortho intramolecular Hbond substituents is 1. The van der Waals surface area contributed by atoms with Crippen LogP contribution in [0.15, 0.2) is 18.2 Å². The lowest BCUT2D eigenvalue weighted by molar-refractivity contribution is 0.0719. The monoisotopic (exact) mass is 286 g/mol. The molecular formula is C13H19ClN2O3. The van der Waals surface area contributed by atoms with Gasteiger partial charge in [0, 0.05) is 17.0 Å². The van der Waals surface area contributed by atoms with Crippen molar-refractivity contribution in [1.29, 1.82) is 0 Å². The second kappa shape index (κ2) is 5.67. The average molecular weight is 287 g/mol. The number of halogens is 1. The molecule has 0 fully saturated rings. The van der Waals surface area contributed by atoms with Crippen LogP contribution >= 0.6 is 11.6 Å². The third-order valence-corrected chi connectivity index (χ3v) is 3.08. The van der Waals surface area contributed by atoms with Gasteiger partial charge in [-0.15, -0.1) is 0 Å². The van der Waals surface area contributed by atoms with Gasteiger partial charge in [0.25, 0.3) is 0 Å². The van der Waals surface area contributed by atoms with Gasteiger partial charge < -0.3 is 15.9 Å². The summed E-state index contributed by atoms with van der Waals surface area (Å²) in [5.41, 5.74) is 6.06. The molecule has 4 N–H and O–H groups in total. The van der Waals surface area contributed by atoms with Crippen LogP contribution in [-0.4, -0.2) is 32.9 Å². The van der Waals surface area contributed by atoms with E-state index in [0.29, 0.717) is 10.6 Å². The topological polar surface area (TPSA) is 86.8 Å². The molecule has 1 atom stereocenters. The summed E-state index contributed by atoms with van der Waals surface area (Å²) in [4.78, 5) is 12.5. The molecule has 0 saturated heterocycles. The van der Waals surface area contributed by atoms with Gasteiger partial charge in [-0.3, -0.25) is 4.90 Å². The van der Waals surface area contributed by atoms with Crippen LogP contribution in [0.25, 0.3) is 0 Å². The number of rotatable bonds is 3. The van der Waals surface area contributed by atoms with Crippen LogP contribution in [0.3, 0.4) is 0 Å². The van der Waals surface area contributed by atoms with Crippen molar-refractivity contribution in [2.75, 3.05) is 0 Å². The number of hydrogen-bond donors (Lipinski definition) is 3. The lowest BCUT2D eigenvalue weighted by Crippen LogP contribution is -2.55. The number of carbonyl (C=O) groups is 1. The van der Waals surface area contributed by atoms with Crippen molar-refractivity contribution in [3.63, 3.8) is 0 Å². The van der Waals surface area contributed by atoms with Crippen molar-refractivity contribution in [3.8, 4) is 5.75 Å². The summed E-state index contributed by atoms with van der Waals surface area (Å²) >= 11 is 5.99. The van der Waals surface area contributed by atoms with E-state index in [4.69, 9.17) is 17.3 Å². The van der Waals surface area contributed by atoms with Crippen LogP contribution in [0.4, 0.5) is 4.79 Å². The van der Waals surface area contributed by atoms with Crippen LogP contribution in [0, 0.1) is 0 Å². The quantitative estimate of drug-likeness (QED) is 0.746. The fraction of sp³-hybridized carbons (Fsp3) is 0.462. The Labute approximate surface area is 117 Å². The Kier molecular flexibility index (Phi) is 4.66. The van der Waals surface area contributed by atoms with Crippen molar-refractivity contribution in [2.45, 2.75) is 38.9 Å². The summed E-state index contributed by atoms with van der Waals surface area (Å²) < 4.78 is 0. The molecule has 106 valence electrons. The Balaban J connectivity index is 2.94. The molecule has 1 aromatic carbocycles. The molecule has 0 radical (unpaired) electrons. The Morgan fingerprint density at radius 3 is 2.47 bits per heavy atom. The summed E-state index contributed by atoms with van der Waals surface area (Å²) in [6.45, 7) is 5.33. The van der Waals surface area contributed by atoms with Gasteiger partial charge in [0.1, 0.15) is 5.75 Å². The fourth-order valence-electron chi connectivity index (χ4n) is 1.94. The molecule has 1 amide bonds. The SMILES string of the molecule is CC(C)(C)N(C(=O)O)C(N)Cc1ccc(O)cc1Cl. The Bertz CT molecular complexity index is 471. The van der Waals surface area contributed by atoms with Gasteiger partial charge in [0.05, 0.1) is 6.17 Å². The molecule has 19 heavy (non-hydrogen) atoms. The second-order valence-corrected chi connectivity index (χ2v) is 5.78. The molecule has 0 saturated carbocycles. The van der Waals surface area contributed by atoms with E-state index in [2.05, 4.69) is 0 Å². The molecule has 1 unspecified atom stereocenters. The number of phenols is 1. The van der Waals surface area contributed by atoms with Gasteiger partial charge in [-0.2, -0.15) is 0 Å². The molecular weight excluding hydrogens is 268 g/mol. The van der Waals surface area contributed by atoms with E-state index in [1.165, 1.54) is 17.0 Å². The summed E-state index contributed by atoms with van der Waals surface area (Å²) in [6.07, 6.45) is -1.50. The van der Waals surface area contributed by atoms with E-state index in [0.717, 1.165) is 0 Å². The van der Waals surface area contributed by atoms with Crippen LogP contribution in [0.1, 0.15) is 26.3 Å². The summed E-state index contributed by atoms with van der Waals surface area (Å²) in [6, 6.07) is 4.54. The average Bonchev–Trinajstić information content (AvgIpc) is 2.19. The predicted molar refractivity (Wildman–Crippen MR) is 74.4 cm³/mol. The van der Waals surface area contributed by atoms with E-state index in [1.807, 2.05) is 0 Å². The number of benzene rings is 1. The highest BCUT2D eigenvalue weighted by Crippen LogP contribution is 2.24. The molecule has 0 aliphatic rings. The van der Waals surface area contributed by atoms with E-state index < -0.39 is 17.8 Å². The molecule has 0 spiro atoms. The standard InChI is InChI=1S/C13H19ClN2O3/c1-13(2,3)16(12(18)19)11(15)6-8-4-5-9(17)7-10(8)14/h4-5,7,11,17H,6,15H2,1-3H3,(H,18,19). The number of carboxylic acid groups (broad SMARTS) is 1. The van der Waals surface area contributed by atoms with Crippen molar-refractivity contribution < 1.29 is 15.0 Å². The first kappa shape index (κ1) is 15.6. The highest BCUT2D eigenvalue weighted by molar-refractivity contribution is 6.31. The van der Waals surface area contributed by atoms with Crippen LogP contribution < -0.4 is 5.73 Å². The van der Waals surface area contributed by atoms with Gasteiger partial charge >= 0.3 is 6.09 Å². The van der Waals surface area contributed by atoms with Gasteiger partial charge in [-0.1, -0.05) is 17.7 Å². The van der Waals surface area contributed by atoms with Crippen molar-refractivity contribution in [3.05, 3.63) is 28.8 Å². The first-order valence-electron chi connectivity index (χ1n) is 5.88. The smallest absolute Gasteiger partial charge is 0.408 e. The number of aromatic hydroxyl groups is 1. The number of nitrogens with zero attached hydrogens (tertiary/aromatic N) is 1. The molecule has 6 heteroatoms. The highest BCUT2D eigenvalue weighted by Gasteiger charge is 2.31. The third kappa shape index (κ3) is 4.01. The normalized spacial score (nSPS) is 13.1. The molecule has 0 aromatic heterocycles. The molecule has 0 bridgehead atoms. The zero-order valence-corrected chi connectivity index (χ0v) is 12.0. The van der Waals surface area contributed by atoms with Crippen LogP contribution in [-0.2, 0) is 6.42 Å². The maximum atomic E-state index is 11.3. The second-order valence-electron chi connectivity index (χ2n) is 5.37. The Morgan fingerprint density at radius 1 is 1.47 bits per heavy atom. The molecule has 5 nitrogen and oxygen atoms in total. The number of nitrogens with two attached hydrogens (primary N) is 1. The van der Waals surface area contributed by atoms with Crippen molar-refractivity contribution in [1.82, 2.24) is 4.90 Å². The van der Waals surface area contributed by atoms with Crippen LogP contribution in [0.5, 0.6) is 5.75 Å². The minimum absolute atomic E-state index is 0.0632. The summed E-state index contributed by atoms with van der Waals surface area (Å²) in [5, 5.41) is 18.9. The predicted octanol–water partition coefficient (Wildman–Crippen LogP) is 2.65. The first-order valence-corrected chi connectivity index (χ1v) is 6.26. The maximum Gasteiger partial charge on any atom is 0.408 e. The zero-order chi connectivity index (χ0) is 14.8. The molecule has 0 aliphatic heterocycles. The van der Waals surface area contributed by atoms with Crippen LogP contribution in [0.2, 0.25) is 5.02 Å². The summed E-state index contributed by atoms with van der Waals surface area (Å²) in [7, 11) is 0. The maximum absolute atomic E-state index is 11.3. The molecule has 1 aromatic rings. The van der Waals surface area contributed by atoms with Gasteiger partial charge in [0.15, 0.2) is 0 Å². The minimum Gasteiger partial charge on any atom is -0.508 e. The third-order valence-electron chi connectivity index (χ3n) is 2.73. The van der Waals surface area contributed by atoms with E-state index >= 15 is 0 Å². The molecule has 0 aliphatic carbocycles. The minimum atomic E-state index is -1.07. The van der Waals surface area contributed by atoms with Crippen molar-refractivity contribution >= 4 is 17.7 Å². The molecule has 0 heterocycles.